The van der Waals surface area contributed by atoms with Gasteiger partial charge in [-0.15, -0.1) is 10.2 Å². The molecule has 1 spiro atoms. The lowest BCUT2D eigenvalue weighted by Gasteiger charge is -2.37. The van der Waals surface area contributed by atoms with Crippen LogP contribution in [0.3, 0.4) is 0 Å². The predicted molar refractivity (Wildman–Crippen MR) is 113 cm³/mol. The van der Waals surface area contributed by atoms with Gasteiger partial charge in [-0.25, -0.2) is 12.7 Å². The van der Waals surface area contributed by atoms with Gasteiger partial charge in [0.15, 0.2) is 0 Å². The van der Waals surface area contributed by atoms with Crippen LogP contribution in [0.25, 0.3) is 0 Å². The SMILES string of the molecule is Cc1ccc(CS(=O)(=O)N2CC(c3nncn3CC3CC3)C3(CCOCC3)C2)cc1. The Balaban J connectivity index is 1.42. The quantitative estimate of drug-likeness (QED) is 0.704. The molecule has 7 nitrogen and oxygen atoms in total. The standard InChI is InChI=1S/C22H30N4O3S/c1-17-2-4-19(5-3-17)14-30(27,28)26-13-20(22(15-26)8-10-29-11-9-22)21-24-23-16-25(21)12-18-6-7-18/h2-5,16,18,20H,6-15H2,1H3. The van der Waals surface area contributed by atoms with Gasteiger partial charge in [0.1, 0.15) is 12.2 Å². The van der Waals surface area contributed by atoms with Crippen LogP contribution in [0.1, 0.15) is 48.6 Å². The van der Waals surface area contributed by atoms with Crippen molar-refractivity contribution in [3.8, 4) is 0 Å². The van der Waals surface area contributed by atoms with Gasteiger partial charge < -0.3 is 9.30 Å². The number of nitrogens with zero attached hydrogens (tertiary/aromatic N) is 4. The molecule has 8 heteroatoms. The van der Waals surface area contributed by atoms with Crippen molar-refractivity contribution in [1.29, 1.82) is 0 Å². The topological polar surface area (TPSA) is 77.3 Å². The van der Waals surface area contributed by atoms with Crippen LogP contribution < -0.4 is 0 Å². The third-order valence-corrected chi connectivity index (χ3v) is 8.84. The highest BCUT2D eigenvalue weighted by Crippen LogP contribution is 2.50. The Morgan fingerprint density at radius 2 is 1.90 bits per heavy atom. The second-order valence-electron chi connectivity index (χ2n) is 9.35. The molecule has 0 bridgehead atoms. The molecule has 2 aromatic rings. The summed E-state index contributed by atoms with van der Waals surface area (Å²) in [6, 6.07) is 7.77. The molecule has 0 N–H and O–H groups in total. The second kappa shape index (κ2) is 7.73. The highest BCUT2D eigenvalue weighted by atomic mass is 32.2. The van der Waals surface area contributed by atoms with Crippen LogP contribution >= 0.6 is 0 Å². The summed E-state index contributed by atoms with van der Waals surface area (Å²) in [5.41, 5.74) is 1.85. The molecule has 1 saturated carbocycles. The molecule has 1 unspecified atom stereocenters. The number of aromatic nitrogens is 3. The van der Waals surface area contributed by atoms with Crippen molar-refractivity contribution in [2.45, 2.75) is 50.8 Å². The number of hydrogen-bond acceptors (Lipinski definition) is 5. The van der Waals surface area contributed by atoms with Crippen LogP contribution in [0.5, 0.6) is 0 Å². The molecule has 2 aliphatic heterocycles. The third kappa shape index (κ3) is 3.92. The molecule has 1 aromatic carbocycles. The summed E-state index contributed by atoms with van der Waals surface area (Å²) in [6.45, 7) is 5.35. The summed E-state index contributed by atoms with van der Waals surface area (Å²) in [4.78, 5) is 0. The van der Waals surface area contributed by atoms with Gasteiger partial charge in [-0.1, -0.05) is 29.8 Å². The second-order valence-corrected chi connectivity index (χ2v) is 11.3. The lowest BCUT2D eigenvalue weighted by molar-refractivity contribution is 0.0129. The lowest BCUT2D eigenvalue weighted by Crippen LogP contribution is -2.38. The maximum atomic E-state index is 13.4. The molecule has 0 radical (unpaired) electrons. The van der Waals surface area contributed by atoms with Crippen LogP contribution in [0, 0.1) is 18.3 Å². The smallest absolute Gasteiger partial charge is 0.218 e. The van der Waals surface area contributed by atoms with E-state index in [4.69, 9.17) is 4.74 Å². The molecule has 162 valence electrons. The Labute approximate surface area is 178 Å². The zero-order valence-electron chi connectivity index (χ0n) is 17.5. The molecule has 1 aliphatic carbocycles. The van der Waals surface area contributed by atoms with E-state index in [-0.39, 0.29) is 17.1 Å². The molecular weight excluding hydrogens is 400 g/mol. The zero-order chi connectivity index (χ0) is 20.8. The van der Waals surface area contributed by atoms with E-state index in [0.29, 0.717) is 32.2 Å². The highest BCUT2D eigenvalue weighted by Gasteiger charge is 2.52. The Bertz CT molecular complexity index is 992. The number of benzene rings is 1. The van der Waals surface area contributed by atoms with E-state index in [0.717, 1.165) is 36.3 Å². The van der Waals surface area contributed by atoms with E-state index in [9.17, 15) is 8.42 Å². The number of aryl methyl sites for hydroxylation is 1. The highest BCUT2D eigenvalue weighted by molar-refractivity contribution is 7.88. The van der Waals surface area contributed by atoms with Gasteiger partial charge in [0.05, 0.1) is 5.75 Å². The molecule has 3 fully saturated rings. The van der Waals surface area contributed by atoms with Gasteiger partial charge in [-0.2, -0.15) is 0 Å². The van der Waals surface area contributed by atoms with Crippen molar-refractivity contribution in [3.05, 3.63) is 47.5 Å². The first-order chi connectivity index (χ1) is 14.5. The fourth-order valence-corrected chi connectivity index (χ4v) is 6.64. The minimum atomic E-state index is -3.41. The summed E-state index contributed by atoms with van der Waals surface area (Å²) in [5.74, 6) is 1.78. The van der Waals surface area contributed by atoms with Gasteiger partial charge >= 0.3 is 0 Å². The zero-order valence-corrected chi connectivity index (χ0v) is 18.4. The first-order valence-electron chi connectivity index (χ1n) is 10.9. The van der Waals surface area contributed by atoms with Gasteiger partial charge in [-0.3, -0.25) is 0 Å². The van der Waals surface area contributed by atoms with Crippen molar-refractivity contribution in [1.82, 2.24) is 19.1 Å². The maximum Gasteiger partial charge on any atom is 0.218 e. The predicted octanol–water partition coefficient (Wildman–Crippen LogP) is 2.72. The normalized spacial score (nSPS) is 24.5. The van der Waals surface area contributed by atoms with E-state index in [1.165, 1.54) is 12.8 Å². The Morgan fingerprint density at radius 3 is 2.60 bits per heavy atom. The summed E-state index contributed by atoms with van der Waals surface area (Å²) in [5, 5.41) is 8.69. The Kier molecular flexibility index (Phi) is 5.19. The molecule has 3 aliphatic rings. The van der Waals surface area contributed by atoms with Gasteiger partial charge in [0.25, 0.3) is 0 Å². The minimum absolute atomic E-state index is 0.0430. The van der Waals surface area contributed by atoms with Gasteiger partial charge in [-0.05, 0) is 49.5 Å². The number of ether oxygens (including phenoxy) is 1. The largest absolute Gasteiger partial charge is 0.381 e. The van der Waals surface area contributed by atoms with E-state index >= 15 is 0 Å². The number of sulfonamides is 1. The van der Waals surface area contributed by atoms with Crippen LogP contribution in [0.15, 0.2) is 30.6 Å². The van der Waals surface area contributed by atoms with Crippen molar-refractivity contribution in [3.63, 3.8) is 0 Å². The van der Waals surface area contributed by atoms with Crippen LogP contribution in [-0.2, 0) is 27.1 Å². The summed E-state index contributed by atoms with van der Waals surface area (Å²) < 4.78 is 36.2. The fourth-order valence-electron chi connectivity index (χ4n) is 5.01. The van der Waals surface area contributed by atoms with Gasteiger partial charge in [0, 0.05) is 38.8 Å². The van der Waals surface area contributed by atoms with Crippen molar-refractivity contribution in [2.75, 3.05) is 26.3 Å². The molecular formula is C22H30N4O3S. The fraction of sp³-hybridized carbons (Fsp3) is 0.636. The Hall–Kier alpha value is -1.77. The first kappa shape index (κ1) is 20.2. The summed E-state index contributed by atoms with van der Waals surface area (Å²) >= 11 is 0. The molecule has 1 atom stereocenters. The van der Waals surface area contributed by atoms with Crippen LogP contribution in [0.4, 0.5) is 0 Å². The first-order valence-corrected chi connectivity index (χ1v) is 12.5. The average molecular weight is 431 g/mol. The Morgan fingerprint density at radius 1 is 1.17 bits per heavy atom. The average Bonchev–Trinajstić information content (AvgIpc) is 3.30. The summed E-state index contributed by atoms with van der Waals surface area (Å²) in [7, 11) is -3.41. The molecule has 3 heterocycles. The molecule has 0 amide bonds. The number of hydrogen-bond donors (Lipinski definition) is 0. The number of rotatable bonds is 6. The van der Waals surface area contributed by atoms with E-state index in [2.05, 4.69) is 14.8 Å². The van der Waals surface area contributed by atoms with Crippen molar-refractivity contribution >= 4 is 10.0 Å². The minimum Gasteiger partial charge on any atom is -0.381 e. The lowest BCUT2D eigenvalue weighted by atomic mass is 9.72. The van der Waals surface area contributed by atoms with Crippen molar-refractivity contribution in [2.24, 2.45) is 11.3 Å². The van der Waals surface area contributed by atoms with Crippen LogP contribution in [0.2, 0.25) is 0 Å². The molecule has 30 heavy (non-hydrogen) atoms. The summed E-state index contributed by atoms with van der Waals surface area (Å²) in [6.07, 6.45) is 6.08. The molecule has 5 rings (SSSR count). The van der Waals surface area contributed by atoms with E-state index in [1.54, 1.807) is 4.31 Å². The van der Waals surface area contributed by atoms with Crippen molar-refractivity contribution < 1.29 is 13.2 Å². The van der Waals surface area contributed by atoms with Crippen LogP contribution in [-0.4, -0.2) is 53.8 Å². The maximum absolute atomic E-state index is 13.4. The third-order valence-electron chi connectivity index (χ3n) is 7.08. The van der Waals surface area contributed by atoms with E-state index in [1.807, 2.05) is 37.5 Å². The van der Waals surface area contributed by atoms with E-state index < -0.39 is 10.0 Å². The monoisotopic (exact) mass is 430 g/mol. The molecule has 2 saturated heterocycles. The van der Waals surface area contributed by atoms with Gasteiger partial charge in [0.2, 0.25) is 10.0 Å². The molecule has 1 aromatic heterocycles.